The van der Waals surface area contributed by atoms with Crippen molar-refractivity contribution in [3.8, 4) is 11.5 Å². The van der Waals surface area contributed by atoms with Crippen molar-refractivity contribution in [3.63, 3.8) is 0 Å². The summed E-state index contributed by atoms with van der Waals surface area (Å²) in [5, 5.41) is 0.843. The molecule has 0 aliphatic carbocycles. The van der Waals surface area contributed by atoms with Gasteiger partial charge in [0.25, 0.3) is 5.56 Å². The fraction of sp³-hybridized carbons (Fsp3) is 0.250. The molecule has 2 aromatic carbocycles. The summed E-state index contributed by atoms with van der Waals surface area (Å²) in [4.78, 5) is 31.4. The van der Waals surface area contributed by atoms with Crippen LogP contribution in [0.2, 0.25) is 5.02 Å². The third kappa shape index (κ3) is 3.53. The molecule has 1 aliphatic heterocycles. The van der Waals surface area contributed by atoms with Crippen molar-refractivity contribution in [1.29, 1.82) is 0 Å². The Morgan fingerprint density at radius 3 is 2.86 bits per heavy atom. The van der Waals surface area contributed by atoms with Gasteiger partial charge < -0.3 is 14.4 Å². The maximum absolute atomic E-state index is 12.8. The highest BCUT2D eigenvalue weighted by Crippen LogP contribution is 2.32. The van der Waals surface area contributed by atoms with Gasteiger partial charge in [0.15, 0.2) is 11.5 Å². The molecular weight excluding hydrogens is 382 g/mol. The molecule has 8 heteroatoms. The Morgan fingerprint density at radius 1 is 1.21 bits per heavy atom. The molecule has 4 rings (SSSR count). The highest BCUT2D eigenvalue weighted by Gasteiger charge is 2.18. The number of aromatic nitrogens is 2. The third-order valence-electron chi connectivity index (χ3n) is 4.64. The first-order chi connectivity index (χ1) is 13.5. The van der Waals surface area contributed by atoms with Crippen LogP contribution in [0, 0.1) is 0 Å². The third-order valence-corrected chi connectivity index (χ3v) is 4.87. The van der Waals surface area contributed by atoms with Crippen LogP contribution in [0.5, 0.6) is 11.5 Å². The van der Waals surface area contributed by atoms with Crippen LogP contribution in [0.25, 0.3) is 10.9 Å². The molecule has 1 amide bonds. The summed E-state index contributed by atoms with van der Waals surface area (Å²) in [5.41, 5.74) is 1.18. The number of hydrogen-bond acceptors (Lipinski definition) is 5. The van der Waals surface area contributed by atoms with Gasteiger partial charge in [-0.3, -0.25) is 14.2 Å². The Morgan fingerprint density at radius 2 is 2.04 bits per heavy atom. The summed E-state index contributed by atoms with van der Waals surface area (Å²) >= 11 is 5.98. The van der Waals surface area contributed by atoms with Crippen molar-refractivity contribution < 1.29 is 14.3 Å². The van der Waals surface area contributed by atoms with E-state index in [4.69, 9.17) is 21.1 Å². The summed E-state index contributed by atoms with van der Waals surface area (Å²) < 4.78 is 12.0. The summed E-state index contributed by atoms with van der Waals surface area (Å²) in [5.74, 6) is 1.20. The molecule has 144 valence electrons. The van der Waals surface area contributed by atoms with Crippen LogP contribution in [0.1, 0.15) is 12.5 Å². The van der Waals surface area contributed by atoms with Crippen LogP contribution in [0.15, 0.2) is 47.5 Å². The number of hydrogen-bond donors (Lipinski definition) is 0. The first kappa shape index (κ1) is 18.3. The molecule has 2 heterocycles. The number of ether oxygens (including phenoxy) is 2. The zero-order valence-corrected chi connectivity index (χ0v) is 16.0. The number of rotatable bonds is 5. The molecule has 0 radical (unpaired) electrons. The SMILES string of the molecule is CCN(Cc1ccc2c(c1)OCO2)C(=O)Cn1cnc2ccc(Cl)cc2c1=O. The molecule has 0 N–H and O–H groups in total. The van der Waals surface area contributed by atoms with E-state index in [-0.39, 0.29) is 24.8 Å². The van der Waals surface area contributed by atoms with Crippen molar-refractivity contribution in [2.45, 2.75) is 20.0 Å². The molecule has 0 fully saturated rings. The van der Waals surface area contributed by atoms with E-state index >= 15 is 0 Å². The van der Waals surface area contributed by atoms with Crippen LogP contribution in [-0.4, -0.2) is 33.7 Å². The topological polar surface area (TPSA) is 73.7 Å². The Bertz CT molecular complexity index is 1110. The van der Waals surface area contributed by atoms with Crippen molar-refractivity contribution in [2.24, 2.45) is 0 Å². The lowest BCUT2D eigenvalue weighted by Gasteiger charge is -2.21. The van der Waals surface area contributed by atoms with Gasteiger partial charge in [-0.2, -0.15) is 0 Å². The van der Waals surface area contributed by atoms with E-state index in [0.717, 1.165) is 5.56 Å². The number of nitrogens with zero attached hydrogens (tertiary/aromatic N) is 3. The molecule has 3 aromatic rings. The highest BCUT2D eigenvalue weighted by molar-refractivity contribution is 6.31. The predicted molar refractivity (Wildman–Crippen MR) is 105 cm³/mol. The van der Waals surface area contributed by atoms with Crippen molar-refractivity contribution in [2.75, 3.05) is 13.3 Å². The standard InChI is InChI=1S/C20H18ClN3O4/c1-2-23(9-13-3-6-17-18(7-13)28-12-27-17)19(25)10-24-11-22-16-5-4-14(21)8-15(16)20(24)26/h3-8,11H,2,9-10,12H2,1H3. The van der Waals surface area contributed by atoms with Gasteiger partial charge >= 0.3 is 0 Å². The lowest BCUT2D eigenvalue weighted by molar-refractivity contribution is -0.132. The van der Waals surface area contributed by atoms with E-state index in [2.05, 4.69) is 4.98 Å². The largest absolute Gasteiger partial charge is 0.454 e. The zero-order chi connectivity index (χ0) is 19.7. The van der Waals surface area contributed by atoms with Crippen LogP contribution >= 0.6 is 11.6 Å². The van der Waals surface area contributed by atoms with Gasteiger partial charge in [0.1, 0.15) is 6.54 Å². The molecule has 0 saturated carbocycles. The second kappa shape index (κ2) is 7.52. The number of likely N-dealkylation sites (N-methyl/N-ethyl adjacent to an activating group) is 1. The fourth-order valence-corrected chi connectivity index (χ4v) is 3.30. The molecule has 0 spiro atoms. The lowest BCUT2D eigenvalue weighted by atomic mass is 10.2. The average molecular weight is 400 g/mol. The first-order valence-electron chi connectivity index (χ1n) is 8.86. The monoisotopic (exact) mass is 399 g/mol. The number of halogens is 1. The maximum atomic E-state index is 12.8. The summed E-state index contributed by atoms with van der Waals surface area (Å²) in [6.45, 7) is 2.93. The van der Waals surface area contributed by atoms with E-state index < -0.39 is 0 Å². The van der Waals surface area contributed by atoms with E-state index in [9.17, 15) is 9.59 Å². The normalized spacial score (nSPS) is 12.4. The molecule has 28 heavy (non-hydrogen) atoms. The Kier molecular flexibility index (Phi) is 4.92. The van der Waals surface area contributed by atoms with Gasteiger partial charge in [-0.15, -0.1) is 0 Å². The predicted octanol–water partition coefficient (Wildman–Crippen LogP) is 2.83. The van der Waals surface area contributed by atoms with Gasteiger partial charge in [0, 0.05) is 18.1 Å². The minimum absolute atomic E-state index is 0.0906. The van der Waals surface area contributed by atoms with E-state index in [1.807, 2.05) is 25.1 Å². The van der Waals surface area contributed by atoms with E-state index in [0.29, 0.717) is 40.5 Å². The van der Waals surface area contributed by atoms with E-state index in [1.165, 1.54) is 10.9 Å². The number of carbonyl (C=O) groups is 1. The number of fused-ring (bicyclic) bond motifs is 2. The summed E-state index contributed by atoms with van der Waals surface area (Å²) in [6.07, 6.45) is 1.39. The van der Waals surface area contributed by atoms with Crippen molar-refractivity contribution in [3.05, 3.63) is 63.7 Å². The van der Waals surface area contributed by atoms with Gasteiger partial charge in [0.05, 0.1) is 17.2 Å². The second-order valence-electron chi connectivity index (χ2n) is 6.43. The minimum Gasteiger partial charge on any atom is -0.454 e. The van der Waals surface area contributed by atoms with Gasteiger partial charge in [0.2, 0.25) is 12.7 Å². The first-order valence-corrected chi connectivity index (χ1v) is 9.24. The molecular formula is C20H18ClN3O4. The molecule has 0 bridgehead atoms. The van der Waals surface area contributed by atoms with Gasteiger partial charge in [-0.25, -0.2) is 4.98 Å². The average Bonchev–Trinajstić information content (AvgIpc) is 3.16. The lowest BCUT2D eigenvalue weighted by Crippen LogP contribution is -2.36. The fourth-order valence-electron chi connectivity index (χ4n) is 3.13. The molecule has 0 unspecified atom stereocenters. The zero-order valence-electron chi connectivity index (χ0n) is 15.2. The molecule has 7 nitrogen and oxygen atoms in total. The van der Waals surface area contributed by atoms with Crippen LogP contribution < -0.4 is 15.0 Å². The Labute approximate surface area is 166 Å². The number of amides is 1. The van der Waals surface area contributed by atoms with Crippen LogP contribution in [-0.2, 0) is 17.9 Å². The summed E-state index contributed by atoms with van der Waals surface area (Å²) in [7, 11) is 0. The smallest absolute Gasteiger partial charge is 0.261 e. The van der Waals surface area contributed by atoms with Crippen LogP contribution in [0.4, 0.5) is 0 Å². The van der Waals surface area contributed by atoms with Crippen LogP contribution in [0.3, 0.4) is 0 Å². The molecule has 0 saturated heterocycles. The Hall–Kier alpha value is -3.06. The molecule has 0 atom stereocenters. The number of carbonyl (C=O) groups excluding carboxylic acids is 1. The Balaban J connectivity index is 1.54. The number of benzene rings is 2. The minimum atomic E-state index is -0.292. The second-order valence-corrected chi connectivity index (χ2v) is 6.87. The highest BCUT2D eigenvalue weighted by atomic mass is 35.5. The maximum Gasteiger partial charge on any atom is 0.261 e. The van der Waals surface area contributed by atoms with Crippen molar-refractivity contribution in [1.82, 2.24) is 14.5 Å². The molecule has 1 aliphatic rings. The van der Waals surface area contributed by atoms with Gasteiger partial charge in [-0.1, -0.05) is 17.7 Å². The molecule has 1 aromatic heterocycles. The quantitative estimate of drug-likeness (QED) is 0.659. The van der Waals surface area contributed by atoms with Gasteiger partial charge in [-0.05, 0) is 42.8 Å². The van der Waals surface area contributed by atoms with E-state index in [1.54, 1.807) is 23.1 Å². The van der Waals surface area contributed by atoms with Crippen molar-refractivity contribution >= 4 is 28.4 Å². The summed E-state index contributed by atoms with van der Waals surface area (Å²) in [6, 6.07) is 10.5.